The van der Waals surface area contributed by atoms with Gasteiger partial charge in [-0.3, -0.25) is 14.8 Å². The standard InChI is InChI=1S/C14H14N4OS/c1-8-6-9(2)12-10(7-8)16-14(20-12)17-13(19)11-4-5-15-18(11)3/h4-7H,1-3H3,(H,16,17,19). The van der Waals surface area contributed by atoms with Crippen molar-refractivity contribution in [3.05, 3.63) is 41.2 Å². The molecule has 1 amide bonds. The third-order valence-corrected chi connectivity index (χ3v) is 4.22. The van der Waals surface area contributed by atoms with Gasteiger partial charge < -0.3 is 0 Å². The van der Waals surface area contributed by atoms with E-state index in [1.807, 2.05) is 13.0 Å². The van der Waals surface area contributed by atoms with Gasteiger partial charge in [0.1, 0.15) is 5.69 Å². The summed E-state index contributed by atoms with van der Waals surface area (Å²) >= 11 is 1.49. The molecular formula is C14H14N4OS. The molecule has 0 saturated carbocycles. The molecular weight excluding hydrogens is 272 g/mol. The van der Waals surface area contributed by atoms with E-state index in [0.717, 1.165) is 10.2 Å². The highest BCUT2D eigenvalue weighted by atomic mass is 32.1. The molecule has 1 aromatic carbocycles. The predicted octanol–water partition coefficient (Wildman–Crippen LogP) is 2.90. The van der Waals surface area contributed by atoms with Gasteiger partial charge in [0.25, 0.3) is 5.91 Å². The van der Waals surface area contributed by atoms with Crippen LogP contribution in [0.25, 0.3) is 10.2 Å². The van der Waals surface area contributed by atoms with E-state index in [1.165, 1.54) is 27.1 Å². The molecule has 3 rings (SSSR count). The van der Waals surface area contributed by atoms with E-state index >= 15 is 0 Å². The van der Waals surface area contributed by atoms with E-state index in [2.05, 4.69) is 28.4 Å². The van der Waals surface area contributed by atoms with E-state index in [-0.39, 0.29) is 5.91 Å². The lowest BCUT2D eigenvalue weighted by atomic mass is 10.1. The van der Waals surface area contributed by atoms with Crippen LogP contribution in [0.1, 0.15) is 21.6 Å². The lowest BCUT2D eigenvalue weighted by Crippen LogP contribution is -2.15. The Morgan fingerprint density at radius 1 is 1.35 bits per heavy atom. The van der Waals surface area contributed by atoms with Crippen LogP contribution in [-0.2, 0) is 7.05 Å². The lowest BCUT2D eigenvalue weighted by molar-refractivity contribution is 0.101. The van der Waals surface area contributed by atoms with Crippen LogP contribution in [0.5, 0.6) is 0 Å². The number of aromatic nitrogens is 3. The van der Waals surface area contributed by atoms with Gasteiger partial charge in [-0.15, -0.1) is 0 Å². The van der Waals surface area contributed by atoms with Crippen molar-refractivity contribution in [3.63, 3.8) is 0 Å². The summed E-state index contributed by atoms with van der Waals surface area (Å²) in [4.78, 5) is 16.6. The zero-order chi connectivity index (χ0) is 14.3. The number of hydrogen-bond acceptors (Lipinski definition) is 4. The molecule has 0 bridgehead atoms. The second-order valence-corrected chi connectivity index (χ2v) is 5.74. The van der Waals surface area contributed by atoms with Crippen LogP contribution in [0.3, 0.4) is 0 Å². The first-order chi connectivity index (χ1) is 9.54. The quantitative estimate of drug-likeness (QED) is 0.788. The number of hydrogen-bond donors (Lipinski definition) is 1. The Morgan fingerprint density at radius 3 is 2.85 bits per heavy atom. The summed E-state index contributed by atoms with van der Waals surface area (Å²) in [5.41, 5.74) is 3.79. The first kappa shape index (κ1) is 12.8. The minimum absolute atomic E-state index is 0.196. The lowest BCUT2D eigenvalue weighted by Gasteiger charge is -2.00. The molecule has 0 saturated heterocycles. The molecule has 1 N–H and O–H groups in total. The van der Waals surface area contributed by atoms with Crippen molar-refractivity contribution in [2.45, 2.75) is 13.8 Å². The Morgan fingerprint density at radius 2 is 2.15 bits per heavy atom. The number of carbonyl (C=O) groups is 1. The molecule has 102 valence electrons. The molecule has 0 aliphatic heterocycles. The van der Waals surface area contributed by atoms with E-state index < -0.39 is 0 Å². The van der Waals surface area contributed by atoms with Crippen molar-refractivity contribution in [2.24, 2.45) is 7.05 Å². The fraction of sp³-hybridized carbons (Fsp3) is 0.214. The van der Waals surface area contributed by atoms with Crippen LogP contribution in [0.15, 0.2) is 24.4 Å². The number of nitrogens with zero attached hydrogens (tertiary/aromatic N) is 3. The molecule has 5 nitrogen and oxygen atoms in total. The molecule has 0 aliphatic rings. The number of rotatable bonds is 2. The highest BCUT2D eigenvalue weighted by molar-refractivity contribution is 7.22. The van der Waals surface area contributed by atoms with Crippen molar-refractivity contribution >= 4 is 32.6 Å². The maximum Gasteiger partial charge on any atom is 0.275 e. The average molecular weight is 286 g/mol. The van der Waals surface area contributed by atoms with Crippen LogP contribution < -0.4 is 5.32 Å². The average Bonchev–Trinajstić information content (AvgIpc) is 2.95. The minimum atomic E-state index is -0.196. The van der Waals surface area contributed by atoms with Gasteiger partial charge in [0.2, 0.25) is 0 Å². The molecule has 2 heterocycles. The maximum atomic E-state index is 12.1. The zero-order valence-corrected chi connectivity index (χ0v) is 12.3. The summed E-state index contributed by atoms with van der Waals surface area (Å²) in [5, 5.41) is 7.43. The van der Waals surface area contributed by atoms with Crippen LogP contribution in [0.2, 0.25) is 0 Å². The number of carbonyl (C=O) groups excluding carboxylic acids is 1. The number of benzene rings is 1. The van der Waals surface area contributed by atoms with Crippen molar-refractivity contribution in [3.8, 4) is 0 Å². The molecule has 0 radical (unpaired) electrons. The third kappa shape index (κ3) is 2.18. The highest BCUT2D eigenvalue weighted by Crippen LogP contribution is 2.29. The Labute approximate surface area is 120 Å². The Bertz CT molecular complexity index is 803. The van der Waals surface area contributed by atoms with Gasteiger partial charge in [-0.25, -0.2) is 4.98 Å². The molecule has 2 aromatic heterocycles. The molecule has 0 atom stereocenters. The number of thiazole rings is 1. The molecule has 0 aliphatic carbocycles. The van der Waals surface area contributed by atoms with E-state index in [9.17, 15) is 4.79 Å². The number of fused-ring (bicyclic) bond motifs is 1. The van der Waals surface area contributed by atoms with Crippen LogP contribution >= 0.6 is 11.3 Å². The molecule has 6 heteroatoms. The zero-order valence-electron chi connectivity index (χ0n) is 11.5. The number of aryl methyl sites for hydroxylation is 3. The third-order valence-electron chi connectivity index (χ3n) is 3.09. The van der Waals surface area contributed by atoms with E-state index in [0.29, 0.717) is 10.8 Å². The van der Waals surface area contributed by atoms with Crippen molar-refractivity contribution in [1.29, 1.82) is 0 Å². The van der Waals surface area contributed by atoms with Crippen molar-refractivity contribution < 1.29 is 4.79 Å². The fourth-order valence-electron chi connectivity index (χ4n) is 2.19. The fourth-order valence-corrected chi connectivity index (χ4v) is 3.10. The first-order valence-corrected chi connectivity index (χ1v) is 7.03. The number of nitrogens with one attached hydrogen (secondary N) is 1. The molecule has 0 fully saturated rings. The monoisotopic (exact) mass is 286 g/mol. The van der Waals surface area contributed by atoms with Gasteiger partial charge in [0, 0.05) is 13.2 Å². The number of amides is 1. The van der Waals surface area contributed by atoms with Gasteiger partial charge >= 0.3 is 0 Å². The predicted molar refractivity (Wildman–Crippen MR) is 80.3 cm³/mol. The van der Waals surface area contributed by atoms with Crippen molar-refractivity contribution in [1.82, 2.24) is 14.8 Å². The Balaban J connectivity index is 1.94. The molecule has 3 aromatic rings. The van der Waals surface area contributed by atoms with E-state index in [1.54, 1.807) is 19.3 Å². The second kappa shape index (κ2) is 4.72. The molecule has 0 unspecified atom stereocenters. The van der Waals surface area contributed by atoms with E-state index in [4.69, 9.17) is 0 Å². The van der Waals surface area contributed by atoms with Crippen molar-refractivity contribution in [2.75, 3.05) is 5.32 Å². The topological polar surface area (TPSA) is 59.8 Å². The smallest absolute Gasteiger partial charge is 0.275 e. The van der Waals surface area contributed by atoms with Gasteiger partial charge in [0.15, 0.2) is 5.13 Å². The summed E-state index contributed by atoms with van der Waals surface area (Å²) in [6, 6.07) is 5.82. The Hall–Kier alpha value is -2.21. The highest BCUT2D eigenvalue weighted by Gasteiger charge is 2.13. The maximum absolute atomic E-state index is 12.1. The number of anilines is 1. The summed E-state index contributed by atoms with van der Waals surface area (Å²) in [5.74, 6) is -0.196. The SMILES string of the molecule is Cc1cc(C)c2sc(NC(=O)c3ccnn3C)nc2c1. The van der Waals surface area contributed by atoms with Gasteiger partial charge in [0.05, 0.1) is 10.2 Å². The van der Waals surface area contributed by atoms with Gasteiger partial charge in [-0.2, -0.15) is 5.10 Å². The summed E-state index contributed by atoms with van der Waals surface area (Å²) in [6.45, 7) is 4.10. The molecule has 0 spiro atoms. The molecule has 20 heavy (non-hydrogen) atoms. The second-order valence-electron chi connectivity index (χ2n) is 4.74. The minimum Gasteiger partial charge on any atom is -0.296 e. The first-order valence-electron chi connectivity index (χ1n) is 6.22. The van der Waals surface area contributed by atoms with Gasteiger partial charge in [-0.1, -0.05) is 17.4 Å². The summed E-state index contributed by atoms with van der Waals surface area (Å²) < 4.78 is 2.65. The van der Waals surface area contributed by atoms with Crippen LogP contribution in [0.4, 0.5) is 5.13 Å². The normalized spacial score (nSPS) is 10.9. The largest absolute Gasteiger partial charge is 0.296 e. The van der Waals surface area contributed by atoms with Gasteiger partial charge in [-0.05, 0) is 37.1 Å². The van der Waals surface area contributed by atoms with Crippen LogP contribution in [-0.4, -0.2) is 20.7 Å². The Kier molecular flexibility index (Phi) is 3.02. The summed E-state index contributed by atoms with van der Waals surface area (Å²) in [7, 11) is 1.74. The van der Waals surface area contributed by atoms with Crippen LogP contribution in [0, 0.1) is 13.8 Å². The summed E-state index contributed by atoms with van der Waals surface area (Å²) in [6.07, 6.45) is 1.60.